The number of thiazole rings is 1. The van der Waals surface area contributed by atoms with Crippen LogP contribution in [0.2, 0.25) is 0 Å². The Morgan fingerprint density at radius 3 is 2.90 bits per heavy atom. The van der Waals surface area contributed by atoms with Gasteiger partial charge in [0.15, 0.2) is 0 Å². The van der Waals surface area contributed by atoms with Crippen molar-refractivity contribution >= 4 is 11.3 Å². The third kappa shape index (κ3) is 3.85. The number of pyridine rings is 1. The van der Waals surface area contributed by atoms with E-state index in [0.29, 0.717) is 12.6 Å². The van der Waals surface area contributed by atoms with Crippen LogP contribution in [0.4, 0.5) is 0 Å². The molecule has 1 atom stereocenters. The summed E-state index contributed by atoms with van der Waals surface area (Å²) in [6.45, 7) is 5.75. The molecule has 0 aliphatic carbocycles. The molecule has 0 fully saturated rings. The van der Waals surface area contributed by atoms with Gasteiger partial charge in [0.1, 0.15) is 5.01 Å². The molecule has 108 valence electrons. The highest BCUT2D eigenvalue weighted by atomic mass is 32.1. The Labute approximate surface area is 124 Å². The highest BCUT2D eigenvalue weighted by Crippen LogP contribution is 2.27. The van der Waals surface area contributed by atoms with Crippen LogP contribution in [0, 0.1) is 0 Å². The van der Waals surface area contributed by atoms with Gasteiger partial charge in [-0.15, -0.1) is 11.3 Å². The van der Waals surface area contributed by atoms with Crippen molar-refractivity contribution in [1.82, 2.24) is 15.3 Å². The van der Waals surface area contributed by atoms with E-state index >= 15 is 0 Å². The molecule has 0 saturated heterocycles. The molecular formula is C15H21N3OS. The zero-order valence-corrected chi connectivity index (χ0v) is 13.0. The number of hydrogen-bond acceptors (Lipinski definition) is 5. The lowest BCUT2D eigenvalue weighted by molar-refractivity contribution is 0.181. The SMILES string of the molecule is CCC(C)NCc1sc(-c2ccccn2)nc1COC. The lowest BCUT2D eigenvalue weighted by Crippen LogP contribution is -2.24. The number of rotatable bonds is 7. The van der Waals surface area contributed by atoms with Crippen molar-refractivity contribution in [2.24, 2.45) is 0 Å². The molecule has 1 unspecified atom stereocenters. The Balaban J connectivity index is 2.19. The zero-order chi connectivity index (χ0) is 14.4. The number of methoxy groups -OCH3 is 1. The van der Waals surface area contributed by atoms with Gasteiger partial charge in [-0.05, 0) is 25.5 Å². The fraction of sp³-hybridized carbons (Fsp3) is 0.467. The molecule has 1 N–H and O–H groups in total. The third-order valence-corrected chi connectivity index (χ3v) is 4.29. The molecule has 0 aliphatic heterocycles. The van der Waals surface area contributed by atoms with Crippen LogP contribution in [0.5, 0.6) is 0 Å². The lowest BCUT2D eigenvalue weighted by Gasteiger charge is -2.10. The smallest absolute Gasteiger partial charge is 0.142 e. The minimum Gasteiger partial charge on any atom is -0.378 e. The van der Waals surface area contributed by atoms with Gasteiger partial charge >= 0.3 is 0 Å². The first-order chi connectivity index (χ1) is 9.74. The molecule has 4 nitrogen and oxygen atoms in total. The van der Waals surface area contributed by atoms with Crippen molar-refractivity contribution in [2.45, 2.75) is 39.5 Å². The average molecular weight is 291 g/mol. The number of nitrogens with zero attached hydrogens (tertiary/aromatic N) is 2. The van der Waals surface area contributed by atoms with Crippen molar-refractivity contribution in [2.75, 3.05) is 7.11 Å². The fourth-order valence-electron chi connectivity index (χ4n) is 1.78. The third-order valence-electron chi connectivity index (χ3n) is 3.17. The normalized spacial score (nSPS) is 12.6. The monoisotopic (exact) mass is 291 g/mol. The molecular weight excluding hydrogens is 270 g/mol. The fourth-order valence-corrected chi connectivity index (χ4v) is 2.77. The van der Waals surface area contributed by atoms with E-state index in [0.717, 1.165) is 29.4 Å². The summed E-state index contributed by atoms with van der Waals surface area (Å²) in [6, 6.07) is 6.39. The van der Waals surface area contributed by atoms with E-state index in [9.17, 15) is 0 Å². The van der Waals surface area contributed by atoms with Crippen LogP contribution in [-0.4, -0.2) is 23.1 Å². The summed E-state index contributed by atoms with van der Waals surface area (Å²) in [5.41, 5.74) is 1.93. The standard InChI is InChI=1S/C15H21N3OS/c1-4-11(2)17-9-14-13(10-19-3)18-15(20-14)12-7-5-6-8-16-12/h5-8,11,17H,4,9-10H2,1-3H3. The second-order valence-electron chi connectivity index (χ2n) is 4.73. The van der Waals surface area contributed by atoms with Crippen LogP contribution in [0.15, 0.2) is 24.4 Å². The summed E-state index contributed by atoms with van der Waals surface area (Å²) in [4.78, 5) is 10.3. The largest absolute Gasteiger partial charge is 0.378 e. The molecule has 0 radical (unpaired) electrons. The molecule has 0 spiro atoms. The van der Waals surface area contributed by atoms with Crippen LogP contribution in [0.25, 0.3) is 10.7 Å². The number of aromatic nitrogens is 2. The topological polar surface area (TPSA) is 47.0 Å². The van der Waals surface area contributed by atoms with Gasteiger partial charge in [-0.3, -0.25) is 4.98 Å². The molecule has 20 heavy (non-hydrogen) atoms. The summed E-state index contributed by atoms with van der Waals surface area (Å²) in [6.07, 6.45) is 2.91. The predicted molar refractivity (Wildman–Crippen MR) is 82.7 cm³/mol. The first-order valence-corrected chi connectivity index (χ1v) is 7.68. The Morgan fingerprint density at radius 2 is 2.25 bits per heavy atom. The van der Waals surface area contributed by atoms with E-state index in [1.54, 1.807) is 24.6 Å². The van der Waals surface area contributed by atoms with Crippen LogP contribution in [0.1, 0.15) is 30.8 Å². The average Bonchev–Trinajstić information content (AvgIpc) is 2.89. The van der Waals surface area contributed by atoms with Gasteiger partial charge in [0.25, 0.3) is 0 Å². The summed E-state index contributed by atoms with van der Waals surface area (Å²) >= 11 is 1.69. The Bertz CT molecular complexity index is 527. The maximum absolute atomic E-state index is 5.25. The molecule has 2 rings (SSSR count). The van der Waals surface area contributed by atoms with E-state index in [1.165, 1.54) is 4.88 Å². The Hall–Kier alpha value is -1.30. The molecule has 0 saturated carbocycles. The van der Waals surface area contributed by atoms with Crippen molar-refractivity contribution < 1.29 is 4.74 Å². The second-order valence-corrected chi connectivity index (χ2v) is 5.81. The maximum Gasteiger partial charge on any atom is 0.142 e. The van der Waals surface area contributed by atoms with Crippen molar-refractivity contribution in [3.05, 3.63) is 35.0 Å². The van der Waals surface area contributed by atoms with E-state index in [1.807, 2.05) is 18.2 Å². The van der Waals surface area contributed by atoms with Gasteiger partial charge in [0.2, 0.25) is 0 Å². The van der Waals surface area contributed by atoms with Crippen LogP contribution < -0.4 is 5.32 Å². The lowest BCUT2D eigenvalue weighted by atomic mass is 10.2. The highest BCUT2D eigenvalue weighted by molar-refractivity contribution is 7.15. The van der Waals surface area contributed by atoms with E-state index in [2.05, 4.69) is 29.1 Å². The van der Waals surface area contributed by atoms with E-state index in [-0.39, 0.29) is 0 Å². The zero-order valence-electron chi connectivity index (χ0n) is 12.2. The molecule has 2 aromatic rings. The molecule has 5 heteroatoms. The molecule has 2 aromatic heterocycles. The molecule has 0 aliphatic rings. The van der Waals surface area contributed by atoms with Gasteiger partial charge in [0, 0.05) is 30.8 Å². The van der Waals surface area contributed by atoms with Crippen LogP contribution in [-0.2, 0) is 17.9 Å². The first-order valence-electron chi connectivity index (χ1n) is 6.86. The highest BCUT2D eigenvalue weighted by Gasteiger charge is 2.13. The predicted octanol–water partition coefficient (Wildman–Crippen LogP) is 3.24. The molecule has 0 aromatic carbocycles. The minimum absolute atomic E-state index is 0.505. The van der Waals surface area contributed by atoms with E-state index in [4.69, 9.17) is 4.74 Å². The van der Waals surface area contributed by atoms with E-state index < -0.39 is 0 Å². The van der Waals surface area contributed by atoms with Crippen molar-refractivity contribution in [1.29, 1.82) is 0 Å². The number of hydrogen-bond donors (Lipinski definition) is 1. The minimum atomic E-state index is 0.505. The van der Waals surface area contributed by atoms with Gasteiger partial charge < -0.3 is 10.1 Å². The molecule has 0 bridgehead atoms. The first kappa shape index (κ1) is 15.1. The van der Waals surface area contributed by atoms with Crippen LogP contribution in [0.3, 0.4) is 0 Å². The van der Waals surface area contributed by atoms with Crippen molar-refractivity contribution in [3.8, 4) is 10.7 Å². The maximum atomic E-state index is 5.25. The summed E-state index contributed by atoms with van der Waals surface area (Å²) in [5.74, 6) is 0. The molecule has 2 heterocycles. The second kappa shape index (κ2) is 7.47. The summed E-state index contributed by atoms with van der Waals surface area (Å²) in [5, 5.41) is 4.46. The summed E-state index contributed by atoms with van der Waals surface area (Å²) in [7, 11) is 1.70. The van der Waals surface area contributed by atoms with Crippen LogP contribution >= 0.6 is 11.3 Å². The molecule has 0 amide bonds. The van der Waals surface area contributed by atoms with Gasteiger partial charge in [-0.25, -0.2) is 4.98 Å². The Morgan fingerprint density at radius 1 is 1.40 bits per heavy atom. The number of nitrogens with one attached hydrogen (secondary N) is 1. The van der Waals surface area contributed by atoms with Gasteiger partial charge in [-0.1, -0.05) is 13.0 Å². The van der Waals surface area contributed by atoms with Gasteiger partial charge in [-0.2, -0.15) is 0 Å². The Kier molecular flexibility index (Phi) is 5.64. The quantitative estimate of drug-likeness (QED) is 0.850. The van der Waals surface area contributed by atoms with Crippen molar-refractivity contribution in [3.63, 3.8) is 0 Å². The number of ether oxygens (including phenoxy) is 1. The van der Waals surface area contributed by atoms with Gasteiger partial charge in [0.05, 0.1) is 18.0 Å². The summed E-state index contributed by atoms with van der Waals surface area (Å²) < 4.78 is 5.25.